The zero-order valence-corrected chi connectivity index (χ0v) is 13.3. The van der Waals surface area contributed by atoms with Gasteiger partial charge in [0.2, 0.25) is 0 Å². The van der Waals surface area contributed by atoms with Crippen molar-refractivity contribution in [3.8, 4) is 11.5 Å². The molecule has 0 saturated carbocycles. The summed E-state index contributed by atoms with van der Waals surface area (Å²) in [5, 5.41) is 3.54. The summed E-state index contributed by atoms with van der Waals surface area (Å²) in [7, 11) is 1.56. The molecule has 22 heavy (non-hydrogen) atoms. The van der Waals surface area contributed by atoms with Crippen LogP contribution < -0.4 is 14.8 Å². The van der Waals surface area contributed by atoms with Crippen LogP contribution in [0.4, 0.5) is 0 Å². The van der Waals surface area contributed by atoms with Gasteiger partial charge in [0.1, 0.15) is 0 Å². The van der Waals surface area contributed by atoms with Crippen molar-refractivity contribution < 1.29 is 14.3 Å². The summed E-state index contributed by atoms with van der Waals surface area (Å²) in [4.78, 5) is 12.0. The molecule has 0 aliphatic rings. The Labute approximate surface area is 135 Å². The van der Waals surface area contributed by atoms with Crippen LogP contribution in [0.2, 0.25) is 5.02 Å². The summed E-state index contributed by atoms with van der Waals surface area (Å²) in [5.41, 5.74) is 0.982. The Balaban J connectivity index is 1.88. The van der Waals surface area contributed by atoms with Crippen molar-refractivity contribution in [2.75, 3.05) is 13.7 Å². The number of hydrogen-bond donors (Lipinski definition) is 1. The summed E-state index contributed by atoms with van der Waals surface area (Å²) in [5.74, 6) is 0.939. The average molecular weight is 320 g/mol. The highest BCUT2D eigenvalue weighted by atomic mass is 35.5. The first-order chi connectivity index (χ1) is 10.6. The summed E-state index contributed by atoms with van der Waals surface area (Å²) in [6.07, 6.45) is 0. The van der Waals surface area contributed by atoms with Gasteiger partial charge in [-0.15, -0.1) is 0 Å². The number of para-hydroxylation sites is 2. The highest BCUT2D eigenvalue weighted by molar-refractivity contribution is 6.30. The molecule has 0 aromatic heterocycles. The van der Waals surface area contributed by atoms with Gasteiger partial charge in [0, 0.05) is 5.02 Å². The minimum Gasteiger partial charge on any atom is -0.493 e. The minimum absolute atomic E-state index is 0.0711. The standard InChI is InChI=1S/C17H18ClNO3/c1-12(13-7-9-14(18)10-8-13)19-17(20)11-22-16-6-4-3-5-15(16)21-2/h3-10,12H,11H2,1-2H3,(H,19,20)/t12-/m1/s1. The maximum Gasteiger partial charge on any atom is 0.258 e. The lowest BCUT2D eigenvalue weighted by Crippen LogP contribution is -2.31. The topological polar surface area (TPSA) is 47.6 Å². The predicted molar refractivity (Wildman–Crippen MR) is 86.5 cm³/mol. The molecular weight excluding hydrogens is 302 g/mol. The highest BCUT2D eigenvalue weighted by Crippen LogP contribution is 2.25. The van der Waals surface area contributed by atoms with Gasteiger partial charge in [-0.2, -0.15) is 0 Å². The molecule has 0 aliphatic heterocycles. The van der Waals surface area contributed by atoms with Gasteiger partial charge >= 0.3 is 0 Å². The molecule has 0 spiro atoms. The van der Waals surface area contributed by atoms with Crippen LogP contribution in [0.5, 0.6) is 11.5 Å². The second-order valence-corrected chi connectivity index (χ2v) is 5.22. The van der Waals surface area contributed by atoms with E-state index in [1.807, 2.05) is 31.2 Å². The number of amides is 1. The number of carbonyl (C=O) groups is 1. The van der Waals surface area contributed by atoms with E-state index in [1.54, 1.807) is 31.4 Å². The molecule has 1 N–H and O–H groups in total. The Morgan fingerprint density at radius 2 is 1.77 bits per heavy atom. The van der Waals surface area contributed by atoms with E-state index < -0.39 is 0 Å². The van der Waals surface area contributed by atoms with E-state index >= 15 is 0 Å². The van der Waals surface area contributed by atoms with Gasteiger partial charge in [0.05, 0.1) is 13.2 Å². The van der Waals surface area contributed by atoms with Gasteiger partial charge in [-0.05, 0) is 36.8 Å². The van der Waals surface area contributed by atoms with Crippen LogP contribution in [-0.2, 0) is 4.79 Å². The van der Waals surface area contributed by atoms with Crippen molar-refractivity contribution in [1.29, 1.82) is 0 Å². The fourth-order valence-electron chi connectivity index (χ4n) is 2.00. The molecule has 0 fully saturated rings. The maximum atomic E-state index is 12.0. The number of benzene rings is 2. The zero-order valence-electron chi connectivity index (χ0n) is 12.5. The molecular formula is C17H18ClNO3. The smallest absolute Gasteiger partial charge is 0.258 e. The Morgan fingerprint density at radius 1 is 1.14 bits per heavy atom. The molecule has 0 saturated heterocycles. The molecule has 4 nitrogen and oxygen atoms in total. The van der Waals surface area contributed by atoms with E-state index in [0.717, 1.165) is 5.56 Å². The Hall–Kier alpha value is -2.20. The number of hydrogen-bond acceptors (Lipinski definition) is 3. The summed E-state index contributed by atoms with van der Waals surface area (Å²) in [6.45, 7) is 1.84. The Bertz CT molecular complexity index is 628. The first-order valence-corrected chi connectivity index (χ1v) is 7.28. The molecule has 1 atom stereocenters. The maximum absolute atomic E-state index is 12.0. The Kier molecular flexibility index (Phi) is 5.67. The second kappa shape index (κ2) is 7.71. The molecule has 2 aromatic rings. The van der Waals surface area contributed by atoms with Crippen LogP contribution >= 0.6 is 11.6 Å². The first-order valence-electron chi connectivity index (χ1n) is 6.91. The van der Waals surface area contributed by atoms with Gasteiger partial charge in [0.15, 0.2) is 18.1 Å². The molecule has 0 unspecified atom stereocenters. The number of nitrogens with one attached hydrogen (secondary N) is 1. The van der Waals surface area contributed by atoms with Crippen molar-refractivity contribution in [2.45, 2.75) is 13.0 Å². The lowest BCUT2D eigenvalue weighted by molar-refractivity contribution is -0.123. The van der Waals surface area contributed by atoms with E-state index in [0.29, 0.717) is 16.5 Å². The van der Waals surface area contributed by atoms with Crippen LogP contribution in [0.1, 0.15) is 18.5 Å². The zero-order chi connectivity index (χ0) is 15.9. The average Bonchev–Trinajstić information content (AvgIpc) is 2.53. The van der Waals surface area contributed by atoms with Crippen LogP contribution in [0, 0.1) is 0 Å². The molecule has 5 heteroatoms. The number of rotatable bonds is 6. The van der Waals surface area contributed by atoms with E-state index in [-0.39, 0.29) is 18.6 Å². The lowest BCUT2D eigenvalue weighted by Gasteiger charge is -2.15. The van der Waals surface area contributed by atoms with Gasteiger partial charge < -0.3 is 14.8 Å². The van der Waals surface area contributed by atoms with E-state index in [2.05, 4.69) is 5.32 Å². The number of carbonyl (C=O) groups excluding carboxylic acids is 1. The van der Waals surface area contributed by atoms with Crippen molar-refractivity contribution in [3.05, 3.63) is 59.1 Å². The Morgan fingerprint density at radius 3 is 2.41 bits per heavy atom. The largest absolute Gasteiger partial charge is 0.493 e. The molecule has 2 rings (SSSR count). The van der Waals surface area contributed by atoms with E-state index in [1.165, 1.54) is 0 Å². The van der Waals surface area contributed by atoms with Crippen LogP contribution in [0.25, 0.3) is 0 Å². The first kappa shape index (κ1) is 16.2. The number of methoxy groups -OCH3 is 1. The fourth-order valence-corrected chi connectivity index (χ4v) is 2.13. The number of ether oxygens (including phenoxy) is 2. The van der Waals surface area contributed by atoms with E-state index in [4.69, 9.17) is 21.1 Å². The third-order valence-corrected chi connectivity index (χ3v) is 3.43. The molecule has 0 radical (unpaired) electrons. The fraction of sp³-hybridized carbons (Fsp3) is 0.235. The van der Waals surface area contributed by atoms with Crippen molar-refractivity contribution >= 4 is 17.5 Å². The molecule has 116 valence electrons. The monoisotopic (exact) mass is 319 g/mol. The van der Waals surface area contributed by atoms with Crippen LogP contribution in [0.3, 0.4) is 0 Å². The van der Waals surface area contributed by atoms with Crippen molar-refractivity contribution in [1.82, 2.24) is 5.32 Å². The SMILES string of the molecule is COc1ccccc1OCC(=O)N[C@H](C)c1ccc(Cl)cc1. The predicted octanol–water partition coefficient (Wildman–Crippen LogP) is 3.60. The molecule has 0 bridgehead atoms. The van der Waals surface area contributed by atoms with Gasteiger partial charge in [-0.3, -0.25) is 4.79 Å². The van der Waals surface area contributed by atoms with E-state index in [9.17, 15) is 4.79 Å². The molecule has 1 amide bonds. The minimum atomic E-state index is -0.201. The van der Waals surface area contributed by atoms with Gasteiger partial charge in [-0.1, -0.05) is 35.9 Å². The third-order valence-electron chi connectivity index (χ3n) is 3.18. The normalized spacial score (nSPS) is 11.6. The molecule has 2 aromatic carbocycles. The van der Waals surface area contributed by atoms with Crippen LogP contribution in [-0.4, -0.2) is 19.6 Å². The quantitative estimate of drug-likeness (QED) is 0.885. The van der Waals surface area contributed by atoms with Gasteiger partial charge in [0.25, 0.3) is 5.91 Å². The van der Waals surface area contributed by atoms with Crippen LogP contribution in [0.15, 0.2) is 48.5 Å². The summed E-state index contributed by atoms with van der Waals surface area (Å²) < 4.78 is 10.7. The second-order valence-electron chi connectivity index (χ2n) is 4.78. The molecule has 0 heterocycles. The lowest BCUT2D eigenvalue weighted by atomic mass is 10.1. The van der Waals surface area contributed by atoms with Gasteiger partial charge in [-0.25, -0.2) is 0 Å². The highest BCUT2D eigenvalue weighted by Gasteiger charge is 2.11. The van der Waals surface area contributed by atoms with Crippen molar-refractivity contribution in [3.63, 3.8) is 0 Å². The summed E-state index contributed by atoms with van der Waals surface area (Å²) >= 11 is 5.85. The molecule has 0 aliphatic carbocycles. The summed E-state index contributed by atoms with van der Waals surface area (Å²) in [6, 6.07) is 14.4. The number of halogens is 1. The third kappa shape index (κ3) is 4.40. The van der Waals surface area contributed by atoms with Crippen molar-refractivity contribution in [2.24, 2.45) is 0 Å².